The first-order valence-corrected chi connectivity index (χ1v) is 10.5. The van der Waals surface area contributed by atoms with E-state index in [2.05, 4.69) is 4.98 Å². The molecule has 0 bridgehead atoms. The van der Waals surface area contributed by atoms with Gasteiger partial charge in [-0.1, -0.05) is 35.9 Å². The van der Waals surface area contributed by atoms with Crippen molar-refractivity contribution in [3.63, 3.8) is 0 Å². The van der Waals surface area contributed by atoms with E-state index in [0.717, 1.165) is 16.7 Å². The van der Waals surface area contributed by atoms with Crippen LogP contribution < -0.4 is 4.74 Å². The minimum absolute atomic E-state index is 0.0758. The zero-order valence-electron chi connectivity index (χ0n) is 18.0. The Morgan fingerprint density at radius 3 is 2.41 bits per heavy atom. The number of ketones is 1. The van der Waals surface area contributed by atoms with Gasteiger partial charge in [-0.15, -0.1) is 0 Å². The smallest absolute Gasteiger partial charge is 0.295 e. The number of aliphatic hydroxyl groups excluding tert-OH is 1. The van der Waals surface area contributed by atoms with E-state index in [1.165, 1.54) is 4.90 Å². The van der Waals surface area contributed by atoms with Crippen molar-refractivity contribution in [3.8, 4) is 5.75 Å². The molecular weight excluding hydrogens is 404 g/mol. The zero-order valence-corrected chi connectivity index (χ0v) is 18.0. The highest BCUT2D eigenvalue weighted by molar-refractivity contribution is 6.46. The van der Waals surface area contributed by atoms with Gasteiger partial charge in [0.15, 0.2) is 0 Å². The molecule has 6 heteroatoms. The average molecular weight is 428 g/mol. The predicted molar refractivity (Wildman–Crippen MR) is 121 cm³/mol. The third kappa shape index (κ3) is 4.12. The third-order valence-corrected chi connectivity index (χ3v) is 5.45. The number of amides is 1. The number of aromatic nitrogens is 1. The number of aliphatic hydroxyl groups is 1. The van der Waals surface area contributed by atoms with Crippen molar-refractivity contribution in [1.82, 2.24) is 9.88 Å². The Bertz CT molecular complexity index is 1150. The number of pyridine rings is 1. The van der Waals surface area contributed by atoms with Crippen LogP contribution in [0, 0.1) is 6.92 Å². The fraction of sp³-hybridized carbons (Fsp3) is 0.192. The van der Waals surface area contributed by atoms with Gasteiger partial charge in [-0.05, 0) is 55.3 Å². The highest BCUT2D eigenvalue weighted by Crippen LogP contribution is 2.40. The molecule has 1 aromatic heterocycles. The quantitative estimate of drug-likeness (QED) is 0.357. The van der Waals surface area contributed by atoms with Crippen LogP contribution in [0.1, 0.15) is 35.2 Å². The number of carbonyl (C=O) groups excluding carboxylic acids is 2. The Hall–Kier alpha value is -3.93. The van der Waals surface area contributed by atoms with Gasteiger partial charge in [-0.3, -0.25) is 14.6 Å². The molecule has 0 spiro atoms. The second-order valence-corrected chi connectivity index (χ2v) is 7.66. The van der Waals surface area contributed by atoms with Gasteiger partial charge in [0.2, 0.25) is 0 Å². The number of ether oxygens (including phenoxy) is 1. The standard InChI is InChI=1S/C26H24N2O4/c1-3-32-21-12-10-20(11-13-21)24(29)22-23(19-8-6-17(2)7-9-19)28(26(31)25(22)30)16-18-5-4-14-27-15-18/h4-15,23,29H,3,16H2,1-2H3/t23-/m1/s1. The van der Waals surface area contributed by atoms with Crippen molar-refractivity contribution in [3.05, 3.63) is 101 Å². The van der Waals surface area contributed by atoms with Gasteiger partial charge < -0.3 is 14.7 Å². The second kappa shape index (κ2) is 9.06. The summed E-state index contributed by atoms with van der Waals surface area (Å²) in [7, 11) is 0. The summed E-state index contributed by atoms with van der Waals surface area (Å²) in [6, 6.07) is 17.4. The molecule has 1 aliphatic heterocycles. The number of hydrogen-bond donors (Lipinski definition) is 1. The molecule has 1 fully saturated rings. The number of aryl methyl sites for hydroxylation is 1. The number of likely N-dealkylation sites (tertiary alicyclic amines) is 1. The van der Waals surface area contributed by atoms with Crippen molar-refractivity contribution in [2.75, 3.05) is 6.61 Å². The molecule has 1 saturated heterocycles. The Morgan fingerprint density at radius 2 is 1.78 bits per heavy atom. The normalized spacial score (nSPS) is 17.6. The number of rotatable bonds is 6. The van der Waals surface area contributed by atoms with Crippen LogP contribution >= 0.6 is 0 Å². The first kappa shape index (κ1) is 21.3. The number of benzene rings is 2. The lowest BCUT2D eigenvalue weighted by Crippen LogP contribution is -2.29. The van der Waals surface area contributed by atoms with Crippen LogP contribution in [0.4, 0.5) is 0 Å². The molecule has 4 rings (SSSR count). The molecule has 1 amide bonds. The summed E-state index contributed by atoms with van der Waals surface area (Å²) in [5.74, 6) is -0.889. The van der Waals surface area contributed by atoms with E-state index in [1.807, 2.05) is 44.2 Å². The fourth-order valence-corrected chi connectivity index (χ4v) is 3.86. The third-order valence-electron chi connectivity index (χ3n) is 5.45. The summed E-state index contributed by atoms with van der Waals surface area (Å²) in [5.41, 5.74) is 3.14. The molecule has 0 aliphatic carbocycles. The van der Waals surface area contributed by atoms with Gasteiger partial charge >= 0.3 is 0 Å². The van der Waals surface area contributed by atoms with Crippen LogP contribution in [0.3, 0.4) is 0 Å². The van der Waals surface area contributed by atoms with Crippen molar-refractivity contribution in [1.29, 1.82) is 0 Å². The summed E-state index contributed by atoms with van der Waals surface area (Å²) in [6.45, 7) is 4.59. The van der Waals surface area contributed by atoms with Gasteiger partial charge in [0.1, 0.15) is 11.5 Å². The van der Waals surface area contributed by atoms with Crippen LogP contribution in [0.2, 0.25) is 0 Å². The first-order chi connectivity index (χ1) is 15.5. The maximum atomic E-state index is 13.1. The molecule has 32 heavy (non-hydrogen) atoms. The number of hydrogen-bond acceptors (Lipinski definition) is 5. The Morgan fingerprint density at radius 1 is 1.06 bits per heavy atom. The van der Waals surface area contributed by atoms with Crippen molar-refractivity contribution >= 4 is 17.4 Å². The first-order valence-electron chi connectivity index (χ1n) is 10.5. The largest absolute Gasteiger partial charge is 0.507 e. The van der Waals surface area contributed by atoms with Crippen LogP contribution in [0.5, 0.6) is 5.75 Å². The number of Topliss-reactive ketones (excluding diaryl/α,β-unsaturated/α-hetero) is 1. The second-order valence-electron chi connectivity index (χ2n) is 7.66. The topological polar surface area (TPSA) is 79.7 Å². The van der Waals surface area contributed by atoms with E-state index in [-0.39, 0.29) is 17.9 Å². The van der Waals surface area contributed by atoms with E-state index in [1.54, 1.807) is 42.7 Å². The van der Waals surface area contributed by atoms with Crippen molar-refractivity contribution < 1.29 is 19.4 Å². The van der Waals surface area contributed by atoms with Crippen molar-refractivity contribution in [2.24, 2.45) is 0 Å². The lowest BCUT2D eigenvalue weighted by Gasteiger charge is -2.25. The summed E-state index contributed by atoms with van der Waals surface area (Å²) >= 11 is 0. The van der Waals surface area contributed by atoms with E-state index >= 15 is 0 Å². The Balaban J connectivity index is 1.81. The molecule has 0 radical (unpaired) electrons. The maximum absolute atomic E-state index is 13.1. The number of nitrogens with zero attached hydrogens (tertiary/aromatic N) is 2. The van der Waals surface area contributed by atoms with Crippen LogP contribution in [-0.2, 0) is 16.1 Å². The highest BCUT2D eigenvalue weighted by Gasteiger charge is 2.46. The maximum Gasteiger partial charge on any atom is 0.295 e. The molecule has 1 aliphatic rings. The van der Waals surface area contributed by atoms with E-state index < -0.39 is 17.7 Å². The molecule has 162 valence electrons. The van der Waals surface area contributed by atoms with Crippen LogP contribution in [0.25, 0.3) is 5.76 Å². The van der Waals surface area contributed by atoms with E-state index in [9.17, 15) is 14.7 Å². The summed E-state index contributed by atoms with van der Waals surface area (Å²) in [4.78, 5) is 31.7. The van der Waals surface area contributed by atoms with E-state index in [0.29, 0.717) is 17.9 Å². The molecule has 6 nitrogen and oxygen atoms in total. The monoisotopic (exact) mass is 428 g/mol. The SMILES string of the molecule is CCOc1ccc(C(O)=C2C(=O)C(=O)N(Cc3cccnc3)[C@@H]2c2ccc(C)cc2)cc1. The molecular formula is C26H24N2O4. The van der Waals surface area contributed by atoms with Gasteiger partial charge in [0.05, 0.1) is 18.2 Å². The minimum Gasteiger partial charge on any atom is -0.507 e. The average Bonchev–Trinajstić information content (AvgIpc) is 3.05. The highest BCUT2D eigenvalue weighted by atomic mass is 16.5. The van der Waals surface area contributed by atoms with Gasteiger partial charge in [-0.2, -0.15) is 0 Å². The predicted octanol–water partition coefficient (Wildman–Crippen LogP) is 4.41. The molecule has 2 heterocycles. The molecule has 0 unspecified atom stereocenters. The molecule has 2 aromatic carbocycles. The molecule has 1 N–H and O–H groups in total. The number of carbonyl (C=O) groups is 2. The fourth-order valence-electron chi connectivity index (χ4n) is 3.86. The van der Waals surface area contributed by atoms with Crippen molar-refractivity contribution in [2.45, 2.75) is 26.4 Å². The molecule has 1 atom stereocenters. The van der Waals surface area contributed by atoms with Gasteiger partial charge in [0.25, 0.3) is 11.7 Å². The minimum atomic E-state index is -0.706. The molecule has 3 aromatic rings. The Labute approximate surface area is 186 Å². The zero-order chi connectivity index (χ0) is 22.7. The molecule has 0 saturated carbocycles. The Kier molecular flexibility index (Phi) is 6.03. The summed E-state index contributed by atoms with van der Waals surface area (Å²) < 4.78 is 5.46. The summed E-state index contributed by atoms with van der Waals surface area (Å²) in [6.07, 6.45) is 3.32. The lowest BCUT2D eigenvalue weighted by atomic mass is 9.94. The summed E-state index contributed by atoms with van der Waals surface area (Å²) in [5, 5.41) is 11.1. The van der Waals surface area contributed by atoms with Gasteiger partial charge in [0, 0.05) is 24.5 Å². The van der Waals surface area contributed by atoms with E-state index in [4.69, 9.17) is 4.74 Å². The van der Waals surface area contributed by atoms with Crippen LogP contribution in [-0.4, -0.2) is 33.3 Å². The lowest BCUT2D eigenvalue weighted by molar-refractivity contribution is -0.140. The van der Waals surface area contributed by atoms with Gasteiger partial charge in [-0.25, -0.2) is 0 Å². The van der Waals surface area contributed by atoms with Crippen LogP contribution in [0.15, 0.2) is 78.6 Å².